The van der Waals surface area contributed by atoms with Gasteiger partial charge in [-0.05, 0) is 43.2 Å². The van der Waals surface area contributed by atoms with Gasteiger partial charge in [-0.3, -0.25) is 9.69 Å². The lowest BCUT2D eigenvalue weighted by Gasteiger charge is -2.30. The maximum Gasteiger partial charge on any atom is 0.267 e. The molecule has 0 N–H and O–H groups in total. The summed E-state index contributed by atoms with van der Waals surface area (Å²) in [5.41, 5.74) is 2.26. The molecule has 1 aliphatic carbocycles. The fourth-order valence-electron chi connectivity index (χ4n) is 3.39. The second-order valence-electron chi connectivity index (χ2n) is 6.70. The smallest absolute Gasteiger partial charge is 0.267 e. The summed E-state index contributed by atoms with van der Waals surface area (Å²) >= 11 is 2.97. The van der Waals surface area contributed by atoms with Gasteiger partial charge in [0.1, 0.15) is 0 Å². The van der Waals surface area contributed by atoms with E-state index in [0.29, 0.717) is 5.13 Å². The van der Waals surface area contributed by atoms with Gasteiger partial charge >= 0.3 is 0 Å². The first-order chi connectivity index (χ1) is 12.7. The zero-order valence-corrected chi connectivity index (χ0v) is 16.4. The van der Waals surface area contributed by atoms with Crippen LogP contribution in [0.4, 0.5) is 5.13 Å². The third-order valence-corrected chi connectivity index (χ3v) is 6.41. The molecular formula is C20H21N3OS2. The lowest BCUT2D eigenvalue weighted by Crippen LogP contribution is -2.40. The highest BCUT2D eigenvalue weighted by Gasteiger charge is 2.38. The molecule has 1 aliphatic heterocycles. The molecule has 1 aromatic heterocycles. The second-order valence-corrected chi connectivity index (χ2v) is 8.58. The van der Waals surface area contributed by atoms with Crippen molar-refractivity contribution in [2.24, 2.45) is 4.99 Å². The Hall–Kier alpha value is -1.92. The average molecular weight is 384 g/mol. The largest absolute Gasteiger partial charge is 0.283 e. The van der Waals surface area contributed by atoms with Gasteiger partial charge in [-0.15, -0.1) is 11.3 Å². The van der Waals surface area contributed by atoms with Crippen LogP contribution in [0.25, 0.3) is 6.08 Å². The molecule has 4 rings (SSSR count). The number of aliphatic imine (C=N–C) groups is 1. The van der Waals surface area contributed by atoms with Gasteiger partial charge in [0, 0.05) is 17.6 Å². The van der Waals surface area contributed by atoms with Crippen LogP contribution in [0.3, 0.4) is 0 Å². The van der Waals surface area contributed by atoms with E-state index in [-0.39, 0.29) is 11.9 Å². The molecule has 1 saturated heterocycles. The molecule has 134 valence electrons. The predicted octanol–water partition coefficient (Wildman–Crippen LogP) is 5.39. The Bertz CT molecular complexity index is 834. The van der Waals surface area contributed by atoms with Crippen LogP contribution in [-0.2, 0) is 4.79 Å². The van der Waals surface area contributed by atoms with Crippen LogP contribution in [0.1, 0.15) is 43.2 Å². The highest BCUT2D eigenvalue weighted by molar-refractivity contribution is 8.18. The van der Waals surface area contributed by atoms with Crippen molar-refractivity contribution in [2.45, 2.75) is 45.1 Å². The van der Waals surface area contributed by atoms with Crippen molar-refractivity contribution in [3.63, 3.8) is 0 Å². The van der Waals surface area contributed by atoms with E-state index in [4.69, 9.17) is 0 Å². The van der Waals surface area contributed by atoms with E-state index in [0.717, 1.165) is 28.5 Å². The molecular weight excluding hydrogens is 362 g/mol. The van der Waals surface area contributed by atoms with Gasteiger partial charge in [0.15, 0.2) is 5.17 Å². The number of hydrogen-bond acceptors (Lipinski definition) is 5. The number of aromatic nitrogens is 1. The highest BCUT2D eigenvalue weighted by Crippen LogP contribution is 2.38. The summed E-state index contributed by atoms with van der Waals surface area (Å²) in [6.45, 7) is 2.07. The van der Waals surface area contributed by atoms with E-state index in [2.05, 4.69) is 41.2 Å². The fraction of sp³-hybridized carbons (Fsp3) is 0.350. The summed E-state index contributed by atoms with van der Waals surface area (Å²) in [5, 5.41) is 3.39. The van der Waals surface area contributed by atoms with E-state index in [1.165, 1.54) is 47.9 Å². The van der Waals surface area contributed by atoms with Crippen LogP contribution in [0.5, 0.6) is 0 Å². The summed E-state index contributed by atoms with van der Waals surface area (Å²) < 4.78 is 0. The van der Waals surface area contributed by atoms with Crippen molar-refractivity contribution in [2.75, 3.05) is 0 Å². The Balaban J connectivity index is 1.67. The molecule has 0 unspecified atom stereocenters. The number of aryl methyl sites for hydroxylation is 1. The van der Waals surface area contributed by atoms with Gasteiger partial charge in [0.05, 0.1) is 4.91 Å². The number of thioether (sulfide) groups is 1. The number of nitrogens with zero attached hydrogens (tertiary/aromatic N) is 3. The first-order valence-corrected chi connectivity index (χ1v) is 10.7. The van der Waals surface area contributed by atoms with E-state index in [1.807, 2.05) is 16.4 Å². The Morgan fingerprint density at radius 1 is 1.19 bits per heavy atom. The highest BCUT2D eigenvalue weighted by atomic mass is 32.2. The number of rotatable bonds is 3. The molecule has 0 bridgehead atoms. The number of thiazole rings is 1. The first-order valence-electron chi connectivity index (χ1n) is 8.99. The minimum atomic E-state index is 0.0813. The van der Waals surface area contributed by atoms with Crippen molar-refractivity contribution >= 4 is 45.4 Å². The van der Waals surface area contributed by atoms with Crippen LogP contribution in [-0.4, -0.2) is 27.0 Å². The first kappa shape index (κ1) is 17.5. The average Bonchev–Trinajstić information content (AvgIpc) is 3.27. The molecule has 2 aromatic rings. The predicted molar refractivity (Wildman–Crippen MR) is 110 cm³/mol. The van der Waals surface area contributed by atoms with Crippen LogP contribution < -0.4 is 0 Å². The third kappa shape index (κ3) is 3.76. The van der Waals surface area contributed by atoms with Gasteiger partial charge in [-0.1, -0.05) is 49.1 Å². The number of carbonyl (C=O) groups excluding carboxylic acids is 1. The lowest BCUT2D eigenvalue weighted by atomic mass is 9.94. The van der Waals surface area contributed by atoms with Crippen molar-refractivity contribution < 1.29 is 4.79 Å². The third-order valence-electron chi connectivity index (χ3n) is 4.76. The molecule has 2 heterocycles. The molecule has 0 spiro atoms. The van der Waals surface area contributed by atoms with Gasteiger partial charge in [0.25, 0.3) is 5.91 Å². The molecule has 1 aromatic carbocycles. The van der Waals surface area contributed by atoms with Crippen molar-refractivity contribution in [1.29, 1.82) is 0 Å². The molecule has 2 aliphatic rings. The van der Waals surface area contributed by atoms with Gasteiger partial charge in [-0.25, -0.2) is 4.98 Å². The Morgan fingerprint density at radius 3 is 2.65 bits per heavy atom. The number of benzene rings is 1. The minimum Gasteiger partial charge on any atom is -0.283 e. The maximum absolute atomic E-state index is 13.2. The molecule has 1 saturated carbocycles. The lowest BCUT2D eigenvalue weighted by molar-refractivity contribution is -0.124. The molecule has 0 atom stereocenters. The summed E-state index contributed by atoms with van der Waals surface area (Å²) in [6.07, 6.45) is 9.46. The zero-order valence-electron chi connectivity index (χ0n) is 14.7. The molecule has 26 heavy (non-hydrogen) atoms. The number of carbonyl (C=O) groups is 1. The normalized spacial score (nSPS) is 21.9. The number of hydrogen-bond donors (Lipinski definition) is 0. The fourth-order valence-corrected chi connectivity index (χ4v) is 4.99. The SMILES string of the molecule is Cc1ccc(/C=C2\S/C(=N/c3nccs3)N(C3CCCCC3)C2=O)cc1. The summed E-state index contributed by atoms with van der Waals surface area (Å²) in [7, 11) is 0. The van der Waals surface area contributed by atoms with E-state index < -0.39 is 0 Å². The van der Waals surface area contributed by atoms with Gasteiger partial charge in [-0.2, -0.15) is 4.99 Å². The molecule has 4 nitrogen and oxygen atoms in total. The van der Waals surface area contributed by atoms with E-state index in [1.54, 1.807) is 6.20 Å². The van der Waals surface area contributed by atoms with Crippen molar-refractivity contribution in [3.8, 4) is 0 Å². The Labute approximate surface area is 162 Å². The van der Waals surface area contributed by atoms with E-state index in [9.17, 15) is 4.79 Å². The molecule has 0 radical (unpaired) electrons. The quantitative estimate of drug-likeness (QED) is 0.668. The van der Waals surface area contributed by atoms with Crippen molar-refractivity contribution in [1.82, 2.24) is 9.88 Å². The molecule has 1 amide bonds. The van der Waals surface area contributed by atoms with Gasteiger partial charge < -0.3 is 0 Å². The topological polar surface area (TPSA) is 45.6 Å². The van der Waals surface area contributed by atoms with Crippen molar-refractivity contribution in [3.05, 3.63) is 51.9 Å². The summed E-state index contributed by atoms with van der Waals surface area (Å²) in [5.74, 6) is 0.0813. The van der Waals surface area contributed by atoms with Crippen LogP contribution >= 0.6 is 23.1 Å². The molecule has 6 heteroatoms. The number of amides is 1. The Kier molecular flexibility index (Phi) is 5.22. The zero-order chi connectivity index (χ0) is 17.9. The maximum atomic E-state index is 13.2. The van der Waals surface area contributed by atoms with E-state index >= 15 is 0 Å². The standard InChI is InChI=1S/C20H21N3OS2/c1-14-7-9-15(10-8-14)13-17-18(24)23(16-5-3-2-4-6-16)20(26-17)22-19-21-11-12-25-19/h7-13,16H,2-6H2,1H3/b17-13-,22-20+. The second kappa shape index (κ2) is 7.76. The summed E-state index contributed by atoms with van der Waals surface area (Å²) in [4.78, 5) is 24.8. The van der Waals surface area contributed by atoms with Crippen LogP contribution in [0.2, 0.25) is 0 Å². The monoisotopic (exact) mass is 383 g/mol. The van der Waals surface area contributed by atoms with Crippen LogP contribution in [0.15, 0.2) is 45.7 Å². The molecule has 2 fully saturated rings. The summed E-state index contributed by atoms with van der Waals surface area (Å²) in [6, 6.07) is 8.50. The Morgan fingerprint density at radius 2 is 1.96 bits per heavy atom. The minimum absolute atomic E-state index is 0.0813. The van der Waals surface area contributed by atoms with Crippen LogP contribution in [0, 0.1) is 6.92 Å². The van der Waals surface area contributed by atoms with Gasteiger partial charge in [0.2, 0.25) is 5.13 Å². The number of amidine groups is 1.